The molecule has 0 fully saturated rings. The Balaban J connectivity index is -0.0000000416. The van der Waals surface area contributed by atoms with Gasteiger partial charge in [-0.1, -0.05) is 90.4 Å². The van der Waals surface area contributed by atoms with E-state index in [1.54, 1.807) is 24.2 Å². The minimum atomic E-state index is 0. The fourth-order valence-electron chi connectivity index (χ4n) is 1.71. The third kappa shape index (κ3) is 50.2. The van der Waals surface area contributed by atoms with Gasteiger partial charge in [0.05, 0.1) is 0 Å². The second kappa shape index (κ2) is 42.9. The van der Waals surface area contributed by atoms with Crippen LogP contribution in [0.4, 0.5) is 0 Å². The molecule has 0 bridgehead atoms. The summed E-state index contributed by atoms with van der Waals surface area (Å²) in [4.78, 5) is 0. The molecule has 0 heterocycles. The van der Waals surface area contributed by atoms with E-state index in [0.717, 1.165) is 0 Å². The Labute approximate surface area is 167 Å². The first-order valence-corrected chi connectivity index (χ1v) is 11.8. The summed E-state index contributed by atoms with van der Waals surface area (Å²) < 4.78 is 0. The van der Waals surface area contributed by atoms with Crippen LogP contribution in [-0.4, -0.2) is 19.0 Å². The summed E-state index contributed by atoms with van der Waals surface area (Å²) in [6.45, 7) is 9.13. The van der Waals surface area contributed by atoms with Gasteiger partial charge in [0.1, 0.15) is 0 Å². The molecule has 20 heavy (non-hydrogen) atoms. The van der Waals surface area contributed by atoms with E-state index in [4.69, 9.17) is 0 Å². The highest BCUT2D eigenvalue weighted by Gasteiger charge is 1.86. The Bertz CT molecular complexity index is 103. The molecule has 0 aliphatic carbocycles. The quantitative estimate of drug-likeness (QED) is 0.243. The van der Waals surface area contributed by atoms with Crippen LogP contribution in [0.25, 0.3) is 0 Å². The van der Waals surface area contributed by atoms with Gasteiger partial charge in [0.25, 0.3) is 0 Å². The number of halogens is 4. The van der Waals surface area contributed by atoms with Gasteiger partial charge in [0.2, 0.25) is 0 Å². The van der Waals surface area contributed by atoms with Crippen molar-refractivity contribution in [3.8, 4) is 0 Å². The molecular weight excluding hydrogens is 455 g/mol. The van der Waals surface area contributed by atoms with Crippen LogP contribution in [0.5, 0.6) is 0 Å². The van der Waals surface area contributed by atoms with Crippen LogP contribution in [0, 0.1) is 0 Å². The molecule has 0 N–H and O–H groups in total. The molecule has 6 heteroatoms. The lowest BCUT2D eigenvalue weighted by Gasteiger charge is -1.95. The average Bonchev–Trinajstić information content (AvgIpc) is 2.31. The van der Waals surface area contributed by atoms with E-state index in [1.807, 2.05) is 0 Å². The maximum absolute atomic E-state index is 2.29. The van der Waals surface area contributed by atoms with Gasteiger partial charge in [-0.3, -0.25) is 0 Å². The van der Waals surface area contributed by atoms with Gasteiger partial charge in [-0.05, 0) is 0 Å². The molecule has 0 radical (unpaired) electrons. The van der Waals surface area contributed by atoms with Gasteiger partial charge >= 0.3 is 0 Å². The maximum Gasteiger partial charge on any atom is 0.0197 e. The Morgan fingerprint density at radius 2 is 0.800 bits per heavy atom. The van der Waals surface area contributed by atoms with E-state index < -0.39 is 0 Å². The lowest BCUT2D eigenvalue weighted by molar-refractivity contribution is 0.851. The standard InChI is InChI=1S/C8H20Si.C6H16Si.2BrH.2ClH/c1-3-5-7-9-8-6-4-2;1-3-5-7-6-4-2;;;;/h3-9H2,1-2H3;3-7H2,1-2H3;4*1H. The Morgan fingerprint density at radius 1 is 0.500 bits per heavy atom. The third-order valence-corrected chi connectivity index (χ3v) is 7.33. The van der Waals surface area contributed by atoms with Crippen LogP contribution in [0.3, 0.4) is 0 Å². The SMILES string of the molecule is Br.Br.CCCC[SiH2]CCCC.CCC[SiH2]CCC.Cl.Cl. The molecule has 132 valence electrons. The topological polar surface area (TPSA) is 0 Å². The van der Waals surface area contributed by atoms with Crippen molar-refractivity contribution in [1.29, 1.82) is 0 Å². The van der Waals surface area contributed by atoms with Crippen molar-refractivity contribution in [2.75, 3.05) is 0 Å². The smallest absolute Gasteiger partial charge is 0.0197 e. The summed E-state index contributed by atoms with van der Waals surface area (Å²) in [5.41, 5.74) is 0. The van der Waals surface area contributed by atoms with Crippen LogP contribution in [0.1, 0.15) is 66.2 Å². The van der Waals surface area contributed by atoms with Crippen molar-refractivity contribution in [3.63, 3.8) is 0 Å². The number of hydrogen-bond acceptors (Lipinski definition) is 0. The molecule has 0 amide bonds. The highest BCUT2D eigenvalue weighted by molar-refractivity contribution is 8.93. The molecule has 0 nitrogen and oxygen atoms in total. The number of rotatable bonds is 10. The summed E-state index contributed by atoms with van der Waals surface area (Å²) in [5.74, 6) is 0. The molecule has 0 spiro atoms. The molecule has 0 aliphatic rings. The molecule has 0 aliphatic heterocycles. The fraction of sp³-hybridized carbons (Fsp3) is 1.00. The zero-order valence-electron chi connectivity index (χ0n) is 14.1. The van der Waals surface area contributed by atoms with Crippen LogP contribution >= 0.6 is 58.8 Å². The molecule has 0 rings (SSSR count). The molecule has 0 atom stereocenters. The van der Waals surface area contributed by atoms with E-state index >= 15 is 0 Å². The van der Waals surface area contributed by atoms with Gasteiger partial charge in [-0.2, -0.15) is 0 Å². The molecule has 0 aromatic rings. The Kier molecular flexibility index (Phi) is 81.2. The van der Waals surface area contributed by atoms with Crippen molar-refractivity contribution >= 4 is 77.8 Å². The second-order valence-corrected chi connectivity index (χ2v) is 9.07. The third-order valence-electron chi connectivity index (χ3n) is 2.91. The Morgan fingerprint density at radius 3 is 1.05 bits per heavy atom. The van der Waals surface area contributed by atoms with E-state index in [0.29, 0.717) is 19.0 Å². The summed E-state index contributed by atoms with van der Waals surface area (Å²) in [6.07, 6.45) is 8.64. The van der Waals surface area contributed by atoms with Crippen molar-refractivity contribution in [1.82, 2.24) is 0 Å². The van der Waals surface area contributed by atoms with E-state index in [-0.39, 0.29) is 58.8 Å². The van der Waals surface area contributed by atoms with Crippen molar-refractivity contribution in [2.24, 2.45) is 0 Å². The average molecular weight is 495 g/mol. The summed E-state index contributed by atoms with van der Waals surface area (Å²) in [6, 6.07) is 6.31. The van der Waals surface area contributed by atoms with Crippen molar-refractivity contribution < 1.29 is 0 Å². The minimum absolute atomic E-state index is 0. The molecule has 0 saturated carbocycles. The van der Waals surface area contributed by atoms with Gasteiger partial charge in [0, 0.05) is 19.0 Å². The van der Waals surface area contributed by atoms with E-state index in [1.165, 1.54) is 38.5 Å². The van der Waals surface area contributed by atoms with Gasteiger partial charge in [0.15, 0.2) is 0 Å². The monoisotopic (exact) mass is 492 g/mol. The highest BCUT2D eigenvalue weighted by atomic mass is 79.9. The maximum atomic E-state index is 2.29. The zero-order chi connectivity index (χ0) is 12.5. The molecule has 0 aromatic carbocycles. The first-order chi connectivity index (χ1) is 7.83. The molecular formula is C14H40Br2Cl2Si2. The molecule has 0 unspecified atom stereocenters. The second-order valence-electron chi connectivity index (χ2n) is 4.83. The fourth-order valence-corrected chi connectivity index (χ4v) is 5.12. The van der Waals surface area contributed by atoms with Crippen molar-refractivity contribution in [2.45, 2.75) is 90.4 Å². The minimum Gasteiger partial charge on any atom is -0.147 e. The van der Waals surface area contributed by atoms with Crippen molar-refractivity contribution in [3.05, 3.63) is 0 Å². The largest absolute Gasteiger partial charge is 0.147 e. The van der Waals surface area contributed by atoms with E-state index in [2.05, 4.69) is 27.7 Å². The lowest BCUT2D eigenvalue weighted by atomic mass is 10.4. The Hall–Kier alpha value is 1.97. The highest BCUT2D eigenvalue weighted by Crippen LogP contribution is 1.99. The van der Waals surface area contributed by atoms with Gasteiger partial charge in [-0.25, -0.2) is 0 Å². The lowest BCUT2D eigenvalue weighted by Crippen LogP contribution is -1.87. The molecule has 0 saturated heterocycles. The normalized spacial score (nSPS) is 7.80. The zero-order valence-corrected chi connectivity index (χ0v) is 22.0. The van der Waals surface area contributed by atoms with Crippen LogP contribution in [0.15, 0.2) is 0 Å². The predicted octanol–water partition coefficient (Wildman–Crippen LogP) is 6.40. The summed E-state index contributed by atoms with van der Waals surface area (Å²) in [7, 11) is 0.801. The summed E-state index contributed by atoms with van der Waals surface area (Å²) in [5, 5.41) is 0. The van der Waals surface area contributed by atoms with Crippen LogP contribution in [0.2, 0.25) is 24.2 Å². The van der Waals surface area contributed by atoms with Gasteiger partial charge < -0.3 is 0 Å². The van der Waals surface area contributed by atoms with Crippen LogP contribution in [-0.2, 0) is 0 Å². The first-order valence-electron chi connectivity index (χ1n) is 7.83. The predicted molar refractivity (Wildman–Crippen MR) is 122 cm³/mol. The summed E-state index contributed by atoms with van der Waals surface area (Å²) >= 11 is 0. The number of unbranched alkanes of at least 4 members (excludes halogenated alkanes) is 2. The number of hydrogen-bond donors (Lipinski definition) is 0. The van der Waals surface area contributed by atoms with Gasteiger partial charge in [-0.15, -0.1) is 58.8 Å². The van der Waals surface area contributed by atoms with Crippen LogP contribution < -0.4 is 0 Å². The molecule has 0 aromatic heterocycles. The van der Waals surface area contributed by atoms with E-state index in [9.17, 15) is 0 Å². The first kappa shape index (κ1) is 37.9.